The van der Waals surface area contributed by atoms with Crippen LogP contribution in [0.3, 0.4) is 0 Å². The van der Waals surface area contributed by atoms with E-state index in [1.54, 1.807) is 0 Å². The van der Waals surface area contributed by atoms with Gasteiger partial charge >= 0.3 is 23.9 Å². The second-order valence-electron chi connectivity index (χ2n) is 11.8. The van der Waals surface area contributed by atoms with Crippen LogP contribution < -0.4 is 0 Å². The van der Waals surface area contributed by atoms with Crippen molar-refractivity contribution < 1.29 is 43.2 Å². The molecule has 0 aromatic rings. The summed E-state index contributed by atoms with van der Waals surface area (Å²) >= 11 is 0. The number of hydrogen-bond acceptors (Lipinski definition) is 9. The van der Waals surface area contributed by atoms with Gasteiger partial charge in [0.05, 0.1) is 5.60 Å². The third-order valence-corrected chi connectivity index (χ3v) is 9.21. The van der Waals surface area contributed by atoms with Gasteiger partial charge in [0.25, 0.3) is 0 Å². The van der Waals surface area contributed by atoms with E-state index in [-0.39, 0.29) is 18.4 Å². The first kappa shape index (κ1) is 27.4. The number of carbonyl (C=O) groups is 4. The summed E-state index contributed by atoms with van der Waals surface area (Å²) in [6.45, 7) is 13.0. The van der Waals surface area contributed by atoms with Gasteiger partial charge in [-0.25, -0.2) is 0 Å². The summed E-state index contributed by atoms with van der Waals surface area (Å²) in [7, 11) is 0. The molecule has 0 aliphatic heterocycles. The maximum absolute atomic E-state index is 12.8. The molecule has 37 heavy (non-hydrogen) atoms. The Balaban J connectivity index is 1.90. The largest absolute Gasteiger partial charge is 0.461 e. The number of aliphatic hydroxyl groups is 1. The molecule has 2 saturated carbocycles. The van der Waals surface area contributed by atoms with Gasteiger partial charge in [-0.1, -0.05) is 32.9 Å². The van der Waals surface area contributed by atoms with Gasteiger partial charge in [-0.3, -0.25) is 19.2 Å². The molecule has 2 fully saturated rings. The second kappa shape index (κ2) is 8.96. The minimum absolute atomic E-state index is 0.0342. The maximum atomic E-state index is 12.8. The van der Waals surface area contributed by atoms with E-state index in [9.17, 15) is 24.3 Å². The number of ether oxygens (including phenoxy) is 4. The minimum Gasteiger partial charge on any atom is -0.461 e. The van der Waals surface area contributed by atoms with Gasteiger partial charge in [0.1, 0.15) is 18.8 Å². The molecule has 204 valence electrons. The van der Waals surface area contributed by atoms with Crippen LogP contribution in [0.1, 0.15) is 61.8 Å². The lowest BCUT2D eigenvalue weighted by molar-refractivity contribution is -0.220. The minimum atomic E-state index is -1.43. The summed E-state index contributed by atoms with van der Waals surface area (Å²) in [6.07, 6.45) is 2.90. The Morgan fingerprint density at radius 3 is 2.11 bits per heavy atom. The standard InChI is InChI=1S/C28H38O9/c1-13-9-21-20(23(13)35-16(4)30)10-19(12-34-15(3)29)11-22-24-26(7,8)28(24,37-18(6)32)25(36-17(5)31)14(2)27(21,22)33/h9,11,14,20-25,33H,10,12H2,1-8H3. The van der Waals surface area contributed by atoms with E-state index in [0.29, 0.717) is 6.42 Å². The van der Waals surface area contributed by atoms with E-state index in [2.05, 4.69) is 0 Å². The lowest BCUT2D eigenvalue weighted by Gasteiger charge is -2.52. The van der Waals surface area contributed by atoms with Crippen molar-refractivity contribution >= 4 is 23.9 Å². The molecular formula is C28H38O9. The van der Waals surface area contributed by atoms with Crippen molar-refractivity contribution in [3.8, 4) is 0 Å². The number of carbonyl (C=O) groups excluding carboxylic acids is 4. The Bertz CT molecular complexity index is 1090. The Morgan fingerprint density at radius 1 is 0.946 bits per heavy atom. The highest BCUT2D eigenvalue weighted by atomic mass is 16.6. The van der Waals surface area contributed by atoms with Crippen molar-refractivity contribution in [2.75, 3.05) is 6.61 Å². The first-order valence-electron chi connectivity index (χ1n) is 12.9. The predicted molar refractivity (Wildman–Crippen MR) is 131 cm³/mol. The summed E-state index contributed by atoms with van der Waals surface area (Å²) in [5.41, 5.74) is -1.56. The summed E-state index contributed by atoms with van der Waals surface area (Å²) in [6, 6.07) is 0. The second-order valence-corrected chi connectivity index (χ2v) is 11.8. The van der Waals surface area contributed by atoms with Crippen molar-refractivity contribution in [2.45, 2.75) is 85.2 Å². The van der Waals surface area contributed by atoms with Crippen molar-refractivity contribution in [2.24, 2.45) is 35.0 Å². The van der Waals surface area contributed by atoms with Crippen LogP contribution in [-0.2, 0) is 38.1 Å². The SMILES string of the molecule is CC(=O)OCC1=CC2C3C(C)(C)C3(OC(C)=O)C(OC(C)=O)C(C)C2(O)C2C=C(C)C(OC(C)=O)C2C1. The highest BCUT2D eigenvalue weighted by Gasteiger charge is 2.87. The Hall–Kier alpha value is -2.68. The fourth-order valence-corrected chi connectivity index (χ4v) is 7.88. The molecule has 0 bridgehead atoms. The zero-order chi connectivity index (χ0) is 27.7. The Labute approximate surface area is 217 Å². The Morgan fingerprint density at radius 2 is 1.57 bits per heavy atom. The van der Waals surface area contributed by atoms with Crippen LogP contribution in [0.4, 0.5) is 0 Å². The summed E-state index contributed by atoms with van der Waals surface area (Å²) in [4.78, 5) is 48.3. The molecule has 1 N–H and O–H groups in total. The van der Waals surface area contributed by atoms with Crippen LogP contribution >= 0.6 is 0 Å². The first-order chi connectivity index (χ1) is 17.1. The van der Waals surface area contributed by atoms with Gasteiger partial charge in [0.15, 0.2) is 5.60 Å². The first-order valence-corrected chi connectivity index (χ1v) is 12.9. The molecule has 4 rings (SSSR count). The lowest BCUT2D eigenvalue weighted by atomic mass is 9.59. The van der Waals surface area contributed by atoms with Crippen LogP contribution in [0.2, 0.25) is 0 Å². The molecular weight excluding hydrogens is 480 g/mol. The molecule has 0 aromatic carbocycles. The Kier molecular flexibility index (Phi) is 6.63. The quantitative estimate of drug-likeness (QED) is 0.332. The predicted octanol–water partition coefficient (Wildman–Crippen LogP) is 2.89. The average molecular weight is 519 g/mol. The fraction of sp³-hybridized carbons (Fsp3) is 0.714. The molecule has 0 amide bonds. The van der Waals surface area contributed by atoms with E-state index in [1.807, 2.05) is 39.8 Å². The highest BCUT2D eigenvalue weighted by Crippen LogP contribution is 2.77. The molecule has 0 saturated heterocycles. The van der Waals surface area contributed by atoms with Gasteiger partial charge in [-0.15, -0.1) is 0 Å². The number of hydrogen-bond donors (Lipinski definition) is 1. The van der Waals surface area contributed by atoms with Crippen LogP contribution in [0.15, 0.2) is 23.3 Å². The van der Waals surface area contributed by atoms with E-state index < -0.39 is 70.5 Å². The van der Waals surface area contributed by atoms with E-state index in [0.717, 1.165) is 11.1 Å². The number of esters is 4. The van der Waals surface area contributed by atoms with Crippen LogP contribution in [0.25, 0.3) is 0 Å². The summed E-state index contributed by atoms with van der Waals surface area (Å²) in [5.74, 6) is -4.17. The van der Waals surface area contributed by atoms with Gasteiger partial charge in [0.2, 0.25) is 0 Å². The van der Waals surface area contributed by atoms with E-state index in [4.69, 9.17) is 18.9 Å². The molecule has 0 spiro atoms. The molecule has 9 nitrogen and oxygen atoms in total. The van der Waals surface area contributed by atoms with Gasteiger partial charge < -0.3 is 24.1 Å². The van der Waals surface area contributed by atoms with Gasteiger partial charge in [-0.05, 0) is 24.5 Å². The number of rotatable bonds is 5. The molecule has 0 heterocycles. The maximum Gasteiger partial charge on any atom is 0.303 e. The van der Waals surface area contributed by atoms with Gasteiger partial charge in [0, 0.05) is 62.7 Å². The lowest BCUT2D eigenvalue weighted by Crippen LogP contribution is -2.63. The average Bonchev–Trinajstić information content (AvgIpc) is 3.13. The molecule has 9 heteroatoms. The van der Waals surface area contributed by atoms with Crippen molar-refractivity contribution in [3.63, 3.8) is 0 Å². The fourth-order valence-electron chi connectivity index (χ4n) is 7.88. The number of fused-ring (bicyclic) bond motifs is 5. The zero-order valence-electron chi connectivity index (χ0n) is 22.8. The van der Waals surface area contributed by atoms with Crippen LogP contribution in [-0.4, -0.2) is 59.0 Å². The molecule has 4 aliphatic carbocycles. The van der Waals surface area contributed by atoms with Crippen molar-refractivity contribution in [1.29, 1.82) is 0 Å². The monoisotopic (exact) mass is 518 g/mol. The van der Waals surface area contributed by atoms with Crippen molar-refractivity contribution in [3.05, 3.63) is 23.3 Å². The zero-order valence-corrected chi connectivity index (χ0v) is 22.8. The van der Waals surface area contributed by atoms with Crippen molar-refractivity contribution in [1.82, 2.24) is 0 Å². The third kappa shape index (κ3) is 4.01. The molecule has 9 unspecified atom stereocenters. The molecule has 0 radical (unpaired) electrons. The van der Waals surface area contributed by atoms with Gasteiger partial charge in [-0.2, -0.15) is 0 Å². The third-order valence-electron chi connectivity index (χ3n) is 9.21. The molecule has 4 aliphatic rings. The smallest absolute Gasteiger partial charge is 0.303 e. The van der Waals surface area contributed by atoms with Crippen LogP contribution in [0, 0.1) is 35.0 Å². The highest BCUT2D eigenvalue weighted by molar-refractivity contribution is 5.70. The van der Waals surface area contributed by atoms with E-state index in [1.165, 1.54) is 27.7 Å². The molecule has 9 atom stereocenters. The van der Waals surface area contributed by atoms with Crippen LogP contribution in [0.5, 0.6) is 0 Å². The summed E-state index contributed by atoms with van der Waals surface area (Å²) in [5, 5.41) is 12.8. The van der Waals surface area contributed by atoms with E-state index >= 15 is 0 Å². The topological polar surface area (TPSA) is 125 Å². The summed E-state index contributed by atoms with van der Waals surface area (Å²) < 4.78 is 22.9. The molecule has 0 aromatic heterocycles. The normalized spacial score (nSPS) is 40.9.